The molecule has 0 amide bonds. The van der Waals surface area contributed by atoms with Gasteiger partial charge in [0.15, 0.2) is 5.78 Å². The molecule has 0 aliphatic carbocycles. The minimum atomic E-state index is -0.389. The molecule has 0 radical (unpaired) electrons. The van der Waals surface area contributed by atoms with E-state index >= 15 is 0 Å². The molecule has 8 heteroatoms. The summed E-state index contributed by atoms with van der Waals surface area (Å²) in [6.45, 7) is 5.59. The molecule has 0 saturated carbocycles. The number of nitrogens with one attached hydrogen (secondary N) is 1. The fourth-order valence-electron chi connectivity index (χ4n) is 3.05. The summed E-state index contributed by atoms with van der Waals surface area (Å²) in [5, 5.41) is 8.59. The highest BCUT2D eigenvalue weighted by atomic mass is 79.9. The van der Waals surface area contributed by atoms with Crippen LogP contribution in [0.2, 0.25) is 0 Å². The second-order valence-electron chi connectivity index (χ2n) is 6.02. The number of hydrogen-bond donors (Lipinski definition) is 1. The second kappa shape index (κ2) is 7.84. The Kier molecular flexibility index (Phi) is 5.72. The summed E-state index contributed by atoms with van der Waals surface area (Å²) in [6, 6.07) is 5.38. The number of aromatic nitrogens is 3. The Morgan fingerprint density at radius 1 is 1.46 bits per heavy atom. The molecule has 1 unspecified atom stereocenters. The topological polar surface area (TPSA) is 69.0 Å². The van der Waals surface area contributed by atoms with Gasteiger partial charge in [-0.15, -0.1) is 5.10 Å². The van der Waals surface area contributed by atoms with E-state index in [-0.39, 0.29) is 11.8 Å². The van der Waals surface area contributed by atoms with E-state index in [0.29, 0.717) is 22.4 Å². The summed E-state index contributed by atoms with van der Waals surface area (Å²) in [6.07, 6.45) is 1.04. The third kappa shape index (κ3) is 3.53. The van der Waals surface area contributed by atoms with Gasteiger partial charge in [-0.3, -0.25) is 4.79 Å². The van der Waals surface area contributed by atoms with Gasteiger partial charge >= 0.3 is 0 Å². The van der Waals surface area contributed by atoms with E-state index in [1.165, 1.54) is 0 Å². The Morgan fingerprint density at radius 3 is 2.88 bits per heavy atom. The van der Waals surface area contributed by atoms with Crippen LogP contribution in [0.25, 0.3) is 0 Å². The van der Waals surface area contributed by atoms with Crippen LogP contribution < -0.4 is 10.1 Å². The number of hydrogen-bond acceptors (Lipinski definition) is 6. The zero-order chi connectivity index (χ0) is 18.8. The van der Waals surface area contributed by atoms with E-state index in [1.807, 2.05) is 25.1 Å². The predicted octanol–water partition coefficient (Wildman–Crippen LogP) is 4.43. The summed E-state index contributed by atoms with van der Waals surface area (Å²) >= 11 is 5.13. The molecule has 0 spiro atoms. The molecule has 0 fully saturated rings. The molecule has 138 valence electrons. The molecule has 6 nitrogen and oxygen atoms in total. The lowest BCUT2D eigenvalue weighted by atomic mass is 9.92. The van der Waals surface area contributed by atoms with Crippen LogP contribution in [0.15, 0.2) is 39.1 Å². The molecule has 26 heavy (non-hydrogen) atoms. The smallest absolute Gasteiger partial charge is 0.227 e. The van der Waals surface area contributed by atoms with Crippen molar-refractivity contribution in [1.82, 2.24) is 14.8 Å². The van der Waals surface area contributed by atoms with Gasteiger partial charge in [0.1, 0.15) is 11.8 Å². The maximum absolute atomic E-state index is 12.4. The number of carbonyl (C=O) groups is 1. The van der Waals surface area contributed by atoms with Gasteiger partial charge in [0.2, 0.25) is 11.1 Å². The van der Waals surface area contributed by atoms with Crippen LogP contribution in [0.5, 0.6) is 5.75 Å². The molecule has 0 bridgehead atoms. The second-order valence-corrected chi connectivity index (χ2v) is 8.00. The monoisotopic (exact) mass is 436 g/mol. The van der Waals surface area contributed by atoms with Gasteiger partial charge in [-0.1, -0.05) is 34.6 Å². The summed E-state index contributed by atoms with van der Waals surface area (Å²) in [5.41, 5.74) is 2.31. The van der Waals surface area contributed by atoms with Crippen molar-refractivity contribution in [3.8, 4) is 5.75 Å². The number of allylic oxidation sites excluding steroid dienone is 2. The molecule has 2 aromatic rings. The molecule has 1 aromatic carbocycles. The van der Waals surface area contributed by atoms with Crippen molar-refractivity contribution in [3.05, 3.63) is 39.5 Å². The molecule has 1 aliphatic rings. The van der Waals surface area contributed by atoms with Crippen molar-refractivity contribution in [3.63, 3.8) is 0 Å². The summed E-state index contributed by atoms with van der Waals surface area (Å²) in [4.78, 5) is 17.0. The van der Waals surface area contributed by atoms with Crippen LogP contribution in [0.4, 0.5) is 5.95 Å². The zero-order valence-electron chi connectivity index (χ0n) is 15.2. The number of ketones is 1. The summed E-state index contributed by atoms with van der Waals surface area (Å²) in [5.74, 6) is 2.28. The number of halogens is 1. The largest absolute Gasteiger partial charge is 0.496 e. The number of nitrogens with zero attached hydrogens (tertiary/aromatic N) is 3. The van der Waals surface area contributed by atoms with E-state index in [1.54, 1.807) is 30.5 Å². The third-order valence-electron chi connectivity index (χ3n) is 4.13. The quantitative estimate of drug-likeness (QED) is 0.675. The van der Waals surface area contributed by atoms with Crippen LogP contribution >= 0.6 is 27.7 Å². The van der Waals surface area contributed by atoms with Crippen molar-refractivity contribution in [2.24, 2.45) is 0 Å². The average Bonchev–Trinajstić information content (AvgIpc) is 3.00. The lowest BCUT2D eigenvalue weighted by molar-refractivity contribution is -0.114. The first-order chi connectivity index (χ1) is 12.5. The Morgan fingerprint density at radius 2 is 2.23 bits per heavy atom. The van der Waals surface area contributed by atoms with Crippen molar-refractivity contribution in [1.29, 1.82) is 0 Å². The highest BCUT2D eigenvalue weighted by Gasteiger charge is 2.34. The predicted molar refractivity (Wildman–Crippen MR) is 107 cm³/mol. The minimum absolute atomic E-state index is 0.00839. The number of Topliss-reactive ketones (excluding diaryl/α,β-unsaturated/α-hetero) is 1. The van der Waals surface area contributed by atoms with E-state index in [4.69, 9.17) is 4.74 Å². The lowest BCUT2D eigenvalue weighted by Gasteiger charge is -2.29. The minimum Gasteiger partial charge on any atom is -0.496 e. The number of fused-ring (bicyclic) bond motifs is 1. The van der Waals surface area contributed by atoms with Gasteiger partial charge in [0.25, 0.3) is 0 Å². The van der Waals surface area contributed by atoms with E-state index < -0.39 is 0 Å². The zero-order valence-corrected chi connectivity index (χ0v) is 17.6. The standard InChI is InChI=1S/C18H21BrN4O2S/c1-5-8-26-18-21-17-20-10(2)15(11(3)24)16(23(17)22-18)13-9-12(19)6-7-14(13)25-4/h6-7,9,16H,5,8H2,1-4H3,(H,20,21,22). The maximum atomic E-state index is 12.4. The number of benzene rings is 1. The van der Waals surface area contributed by atoms with Crippen LogP contribution in [-0.2, 0) is 4.79 Å². The molecule has 1 aliphatic heterocycles. The number of anilines is 1. The van der Waals surface area contributed by atoms with Crippen molar-refractivity contribution < 1.29 is 9.53 Å². The van der Waals surface area contributed by atoms with Gasteiger partial charge in [-0.05, 0) is 38.5 Å². The van der Waals surface area contributed by atoms with E-state index in [2.05, 4.69) is 38.3 Å². The Labute approximate surface area is 165 Å². The number of thioether (sulfide) groups is 1. The molecule has 0 saturated heterocycles. The summed E-state index contributed by atoms with van der Waals surface area (Å²) < 4.78 is 8.26. The highest BCUT2D eigenvalue weighted by Crippen LogP contribution is 2.40. The SMILES string of the molecule is CCCSc1nc2n(n1)C(c1cc(Br)ccc1OC)C(C(C)=O)=C(C)N2. The van der Waals surface area contributed by atoms with Crippen LogP contribution in [0, 0.1) is 0 Å². The van der Waals surface area contributed by atoms with Crippen molar-refractivity contribution >= 4 is 39.4 Å². The van der Waals surface area contributed by atoms with Gasteiger partial charge in [-0.25, -0.2) is 4.68 Å². The van der Waals surface area contributed by atoms with Gasteiger partial charge in [-0.2, -0.15) is 4.98 Å². The van der Waals surface area contributed by atoms with Gasteiger partial charge in [0, 0.05) is 27.1 Å². The Bertz CT molecular complexity index is 878. The number of rotatable bonds is 6. The van der Waals surface area contributed by atoms with E-state index in [0.717, 1.165) is 27.9 Å². The van der Waals surface area contributed by atoms with Gasteiger partial charge < -0.3 is 10.1 Å². The van der Waals surface area contributed by atoms with E-state index in [9.17, 15) is 4.79 Å². The Hall–Kier alpha value is -1.80. The molecule has 1 aromatic heterocycles. The Balaban J connectivity index is 2.18. The normalized spacial score (nSPS) is 16.3. The lowest BCUT2D eigenvalue weighted by Crippen LogP contribution is -2.28. The first-order valence-corrected chi connectivity index (χ1v) is 10.2. The molecule has 1 atom stereocenters. The van der Waals surface area contributed by atoms with Crippen LogP contribution in [0.1, 0.15) is 38.8 Å². The van der Waals surface area contributed by atoms with Crippen molar-refractivity contribution in [2.75, 3.05) is 18.2 Å². The third-order valence-corrected chi connectivity index (χ3v) is 5.67. The average molecular weight is 437 g/mol. The molecular weight excluding hydrogens is 416 g/mol. The van der Waals surface area contributed by atoms with Gasteiger partial charge in [0.05, 0.1) is 7.11 Å². The molecule has 2 heterocycles. The molecular formula is C18H21BrN4O2S. The number of carbonyl (C=O) groups excluding carboxylic acids is 1. The maximum Gasteiger partial charge on any atom is 0.227 e. The fraction of sp³-hybridized carbons (Fsp3) is 0.389. The highest BCUT2D eigenvalue weighted by molar-refractivity contribution is 9.10. The number of ether oxygens (including phenoxy) is 1. The summed E-state index contributed by atoms with van der Waals surface area (Å²) in [7, 11) is 1.63. The molecule has 3 rings (SSSR count). The van der Waals surface area contributed by atoms with Crippen LogP contribution in [-0.4, -0.2) is 33.4 Å². The first-order valence-electron chi connectivity index (χ1n) is 8.37. The first kappa shape index (κ1) is 19.0. The van der Waals surface area contributed by atoms with Crippen molar-refractivity contribution in [2.45, 2.75) is 38.4 Å². The number of methoxy groups -OCH3 is 1. The van der Waals surface area contributed by atoms with Crippen LogP contribution in [0.3, 0.4) is 0 Å². The fourth-order valence-corrected chi connectivity index (χ4v) is 4.11. The molecule has 1 N–H and O–H groups in total.